The number of nitrogen functional groups attached to an aromatic ring is 1. The second kappa shape index (κ2) is 5.21. The van der Waals surface area contributed by atoms with E-state index in [1.165, 1.54) is 4.88 Å². The Hall–Kier alpha value is -1.56. The first-order valence-electron chi connectivity index (χ1n) is 6.47. The Morgan fingerprint density at radius 1 is 1.32 bits per heavy atom. The molecule has 0 saturated carbocycles. The number of aryl methyl sites for hydroxylation is 4. The highest BCUT2D eigenvalue weighted by molar-refractivity contribution is 7.11. The van der Waals surface area contributed by atoms with E-state index >= 15 is 0 Å². The summed E-state index contributed by atoms with van der Waals surface area (Å²) < 4.78 is 1.91. The average molecular weight is 279 g/mol. The zero-order valence-corrected chi connectivity index (χ0v) is 12.9. The number of nitrogens with one attached hydrogen (secondary N) is 1. The van der Waals surface area contributed by atoms with Gasteiger partial charge >= 0.3 is 0 Å². The standard InChI is InChI=1S/C13H21N5S/c1-6-18-13(11(14)7(2)17-18)16-9(4)12-8(3)15-10(5)19-12/h9,16H,6,14H2,1-5H3. The molecule has 104 valence electrons. The van der Waals surface area contributed by atoms with E-state index in [0.717, 1.165) is 34.4 Å². The van der Waals surface area contributed by atoms with Crippen molar-refractivity contribution in [1.29, 1.82) is 0 Å². The van der Waals surface area contributed by atoms with Crippen molar-refractivity contribution < 1.29 is 0 Å². The van der Waals surface area contributed by atoms with Crippen LogP contribution in [0.25, 0.3) is 0 Å². The topological polar surface area (TPSA) is 68.8 Å². The third kappa shape index (κ3) is 2.58. The predicted molar refractivity (Wildman–Crippen MR) is 80.7 cm³/mol. The van der Waals surface area contributed by atoms with Gasteiger partial charge in [0.2, 0.25) is 0 Å². The molecular formula is C13H21N5S. The van der Waals surface area contributed by atoms with Crippen molar-refractivity contribution in [2.75, 3.05) is 11.1 Å². The van der Waals surface area contributed by atoms with Crippen molar-refractivity contribution in [3.63, 3.8) is 0 Å². The SMILES string of the molecule is CCn1nc(C)c(N)c1NC(C)c1sc(C)nc1C. The van der Waals surface area contributed by atoms with E-state index in [2.05, 4.69) is 29.2 Å². The Labute approximate surface area is 117 Å². The maximum Gasteiger partial charge on any atom is 0.148 e. The minimum atomic E-state index is 0.176. The third-order valence-electron chi connectivity index (χ3n) is 3.16. The summed E-state index contributed by atoms with van der Waals surface area (Å²) in [7, 11) is 0. The molecule has 3 N–H and O–H groups in total. The second-order valence-corrected chi connectivity index (χ2v) is 5.95. The highest BCUT2D eigenvalue weighted by Crippen LogP contribution is 2.30. The molecule has 1 atom stereocenters. The summed E-state index contributed by atoms with van der Waals surface area (Å²) in [4.78, 5) is 5.72. The van der Waals surface area contributed by atoms with Crippen LogP contribution < -0.4 is 11.1 Å². The van der Waals surface area contributed by atoms with Crippen LogP contribution in [-0.4, -0.2) is 14.8 Å². The van der Waals surface area contributed by atoms with Gasteiger partial charge in [0.15, 0.2) is 0 Å². The van der Waals surface area contributed by atoms with Crippen LogP contribution in [-0.2, 0) is 6.54 Å². The van der Waals surface area contributed by atoms with Crippen molar-refractivity contribution >= 4 is 22.8 Å². The minimum Gasteiger partial charge on any atom is -0.394 e. The van der Waals surface area contributed by atoms with E-state index in [1.807, 2.05) is 25.5 Å². The lowest BCUT2D eigenvalue weighted by molar-refractivity contribution is 0.652. The first kappa shape index (κ1) is 13.9. The monoisotopic (exact) mass is 279 g/mol. The van der Waals surface area contributed by atoms with Gasteiger partial charge in [-0.05, 0) is 34.6 Å². The van der Waals surface area contributed by atoms with E-state index in [1.54, 1.807) is 11.3 Å². The number of hydrogen-bond donors (Lipinski definition) is 2. The summed E-state index contributed by atoms with van der Waals surface area (Å²) in [6.45, 7) is 11.0. The van der Waals surface area contributed by atoms with Gasteiger partial charge in [-0.25, -0.2) is 9.67 Å². The third-order valence-corrected chi connectivity index (χ3v) is 4.41. The molecule has 19 heavy (non-hydrogen) atoms. The van der Waals surface area contributed by atoms with Gasteiger partial charge in [0.05, 0.1) is 28.1 Å². The van der Waals surface area contributed by atoms with Crippen LogP contribution in [0.5, 0.6) is 0 Å². The molecule has 0 aliphatic rings. The van der Waals surface area contributed by atoms with Crippen LogP contribution in [0.3, 0.4) is 0 Å². The van der Waals surface area contributed by atoms with Gasteiger partial charge in [-0.2, -0.15) is 5.10 Å². The molecule has 1 unspecified atom stereocenters. The zero-order chi connectivity index (χ0) is 14.2. The summed E-state index contributed by atoms with van der Waals surface area (Å²) in [5.41, 5.74) is 8.77. The number of thiazole rings is 1. The molecule has 0 fully saturated rings. The average Bonchev–Trinajstić information content (AvgIpc) is 2.83. The molecule has 0 spiro atoms. The van der Waals surface area contributed by atoms with E-state index < -0.39 is 0 Å². The molecule has 0 bridgehead atoms. The number of nitrogens with two attached hydrogens (primary N) is 1. The maximum atomic E-state index is 6.09. The lowest BCUT2D eigenvalue weighted by atomic mass is 10.2. The van der Waals surface area contributed by atoms with Gasteiger partial charge in [0.1, 0.15) is 5.82 Å². The first-order valence-corrected chi connectivity index (χ1v) is 7.29. The van der Waals surface area contributed by atoms with E-state index in [0.29, 0.717) is 0 Å². The maximum absolute atomic E-state index is 6.09. The lowest BCUT2D eigenvalue weighted by Crippen LogP contribution is -2.12. The molecule has 0 aliphatic heterocycles. The summed E-state index contributed by atoms with van der Waals surface area (Å²) in [6, 6.07) is 0.176. The summed E-state index contributed by atoms with van der Waals surface area (Å²) in [6.07, 6.45) is 0. The normalized spacial score (nSPS) is 12.7. The Bertz CT molecular complexity index is 584. The Morgan fingerprint density at radius 2 is 2.00 bits per heavy atom. The molecule has 0 aromatic carbocycles. The van der Waals surface area contributed by atoms with Crippen molar-refractivity contribution in [2.24, 2.45) is 0 Å². The molecule has 2 heterocycles. The largest absolute Gasteiger partial charge is 0.394 e. The fourth-order valence-electron chi connectivity index (χ4n) is 2.20. The Morgan fingerprint density at radius 3 is 2.53 bits per heavy atom. The smallest absolute Gasteiger partial charge is 0.148 e. The number of nitrogens with zero attached hydrogens (tertiary/aromatic N) is 3. The first-order chi connectivity index (χ1) is 8.93. The van der Waals surface area contributed by atoms with Crippen molar-refractivity contribution in [1.82, 2.24) is 14.8 Å². The number of anilines is 2. The second-order valence-electron chi connectivity index (χ2n) is 4.71. The minimum absolute atomic E-state index is 0.176. The molecule has 2 aromatic rings. The quantitative estimate of drug-likeness (QED) is 0.902. The predicted octanol–water partition coefficient (Wildman–Crippen LogP) is 3.04. The van der Waals surface area contributed by atoms with E-state index in [-0.39, 0.29) is 6.04 Å². The molecule has 5 nitrogen and oxygen atoms in total. The van der Waals surface area contributed by atoms with Gasteiger partial charge < -0.3 is 11.1 Å². The summed E-state index contributed by atoms with van der Waals surface area (Å²) >= 11 is 1.72. The zero-order valence-electron chi connectivity index (χ0n) is 12.1. The number of aromatic nitrogens is 3. The molecule has 0 aliphatic carbocycles. The van der Waals surface area contributed by atoms with Gasteiger partial charge in [0, 0.05) is 11.4 Å². The van der Waals surface area contributed by atoms with Crippen molar-refractivity contribution in [3.05, 3.63) is 21.3 Å². The van der Waals surface area contributed by atoms with Crippen LogP contribution in [0, 0.1) is 20.8 Å². The molecule has 6 heteroatoms. The van der Waals surface area contributed by atoms with Gasteiger partial charge in [-0.3, -0.25) is 0 Å². The molecular weight excluding hydrogens is 258 g/mol. The van der Waals surface area contributed by atoms with Crippen LogP contribution in [0.1, 0.15) is 41.2 Å². The van der Waals surface area contributed by atoms with Gasteiger partial charge in [-0.1, -0.05) is 0 Å². The number of hydrogen-bond acceptors (Lipinski definition) is 5. The fraction of sp³-hybridized carbons (Fsp3) is 0.538. The van der Waals surface area contributed by atoms with Gasteiger partial charge in [-0.15, -0.1) is 11.3 Å². The van der Waals surface area contributed by atoms with Crippen LogP contribution in [0.15, 0.2) is 0 Å². The fourth-order valence-corrected chi connectivity index (χ4v) is 3.13. The lowest BCUT2D eigenvalue weighted by Gasteiger charge is -2.16. The van der Waals surface area contributed by atoms with E-state index in [9.17, 15) is 0 Å². The van der Waals surface area contributed by atoms with Crippen LogP contribution in [0.2, 0.25) is 0 Å². The highest BCUT2D eigenvalue weighted by Gasteiger charge is 2.17. The van der Waals surface area contributed by atoms with Crippen LogP contribution >= 0.6 is 11.3 Å². The van der Waals surface area contributed by atoms with Crippen molar-refractivity contribution in [3.8, 4) is 0 Å². The van der Waals surface area contributed by atoms with Crippen LogP contribution in [0.4, 0.5) is 11.5 Å². The summed E-state index contributed by atoms with van der Waals surface area (Å²) in [5, 5.41) is 8.98. The summed E-state index contributed by atoms with van der Waals surface area (Å²) in [5.74, 6) is 0.901. The highest BCUT2D eigenvalue weighted by atomic mass is 32.1. The molecule has 0 saturated heterocycles. The molecule has 0 radical (unpaired) electrons. The van der Waals surface area contributed by atoms with Gasteiger partial charge in [0.25, 0.3) is 0 Å². The Balaban J connectivity index is 2.28. The molecule has 2 aromatic heterocycles. The molecule has 2 rings (SSSR count). The van der Waals surface area contributed by atoms with Crippen molar-refractivity contribution in [2.45, 2.75) is 47.2 Å². The van der Waals surface area contributed by atoms with E-state index in [4.69, 9.17) is 5.73 Å². The number of rotatable bonds is 4. The molecule has 0 amide bonds. The Kier molecular flexibility index (Phi) is 3.80.